The summed E-state index contributed by atoms with van der Waals surface area (Å²) in [6.45, 7) is 10.2. The van der Waals surface area contributed by atoms with Crippen LogP contribution in [0.15, 0.2) is 4.99 Å². The molecule has 3 saturated heterocycles. The Kier molecular flexibility index (Phi) is 7.98. The third kappa shape index (κ3) is 5.31. The minimum atomic E-state index is 0.166. The van der Waals surface area contributed by atoms with Gasteiger partial charge in [0.05, 0.1) is 25.9 Å². The number of aliphatic imine (C=N–C) groups is 1. The molecular formula is C19H36N4O3. The van der Waals surface area contributed by atoms with Crippen molar-refractivity contribution in [2.24, 2.45) is 4.99 Å². The van der Waals surface area contributed by atoms with Gasteiger partial charge in [0.2, 0.25) is 0 Å². The minimum Gasteiger partial charge on any atom is -0.383 e. The van der Waals surface area contributed by atoms with Crippen molar-refractivity contribution < 1.29 is 14.2 Å². The van der Waals surface area contributed by atoms with Crippen molar-refractivity contribution in [1.82, 2.24) is 15.1 Å². The molecule has 0 bridgehead atoms. The second-order valence-electron chi connectivity index (χ2n) is 7.43. The number of hydrogen-bond acceptors (Lipinski definition) is 5. The average Bonchev–Trinajstić information content (AvgIpc) is 3.35. The standard InChI is InChI=1S/C19H36N4O3/c1-3-20-19(21-14-16-6-4-8-22(16)9-12-24-2)23-10-13-26-18(15-23)17-7-5-11-25-17/h16-18H,3-15H2,1-2H3,(H,20,21). The lowest BCUT2D eigenvalue weighted by Crippen LogP contribution is -2.53. The number of morpholine rings is 1. The molecular weight excluding hydrogens is 332 g/mol. The summed E-state index contributed by atoms with van der Waals surface area (Å²) >= 11 is 0. The Balaban J connectivity index is 1.57. The second kappa shape index (κ2) is 10.4. The Labute approximate surface area is 158 Å². The molecule has 7 nitrogen and oxygen atoms in total. The van der Waals surface area contributed by atoms with E-state index in [1.54, 1.807) is 7.11 Å². The van der Waals surface area contributed by atoms with Crippen LogP contribution in [0.1, 0.15) is 32.6 Å². The van der Waals surface area contributed by atoms with Gasteiger partial charge in [-0.3, -0.25) is 9.89 Å². The van der Waals surface area contributed by atoms with Gasteiger partial charge in [-0.25, -0.2) is 0 Å². The monoisotopic (exact) mass is 368 g/mol. The van der Waals surface area contributed by atoms with Gasteiger partial charge in [0.1, 0.15) is 6.10 Å². The summed E-state index contributed by atoms with van der Waals surface area (Å²) in [6.07, 6.45) is 5.17. The first-order chi connectivity index (χ1) is 12.8. The first-order valence-corrected chi connectivity index (χ1v) is 10.3. The molecule has 0 aromatic carbocycles. The van der Waals surface area contributed by atoms with Crippen molar-refractivity contribution >= 4 is 5.96 Å². The number of hydrogen-bond donors (Lipinski definition) is 1. The van der Waals surface area contributed by atoms with E-state index in [1.807, 2.05) is 0 Å². The zero-order chi connectivity index (χ0) is 18.2. The molecule has 7 heteroatoms. The van der Waals surface area contributed by atoms with E-state index in [0.717, 1.165) is 71.3 Å². The van der Waals surface area contributed by atoms with Crippen molar-refractivity contribution in [2.75, 3.05) is 66.2 Å². The lowest BCUT2D eigenvalue weighted by atomic mass is 10.1. The predicted molar refractivity (Wildman–Crippen MR) is 103 cm³/mol. The highest BCUT2D eigenvalue weighted by Crippen LogP contribution is 2.21. The van der Waals surface area contributed by atoms with Crippen LogP contribution in [0.2, 0.25) is 0 Å². The minimum absolute atomic E-state index is 0.166. The second-order valence-corrected chi connectivity index (χ2v) is 7.43. The molecule has 3 fully saturated rings. The fourth-order valence-corrected chi connectivity index (χ4v) is 4.21. The molecule has 0 aromatic rings. The number of nitrogens with one attached hydrogen (secondary N) is 1. The molecule has 0 radical (unpaired) electrons. The highest BCUT2D eigenvalue weighted by Gasteiger charge is 2.32. The summed E-state index contributed by atoms with van der Waals surface area (Å²) in [4.78, 5) is 9.86. The van der Waals surface area contributed by atoms with E-state index in [0.29, 0.717) is 6.04 Å². The van der Waals surface area contributed by atoms with Crippen LogP contribution >= 0.6 is 0 Å². The zero-order valence-electron chi connectivity index (χ0n) is 16.5. The highest BCUT2D eigenvalue weighted by molar-refractivity contribution is 5.80. The normalized spacial score (nSPS) is 30.9. The number of guanidine groups is 1. The van der Waals surface area contributed by atoms with Crippen LogP contribution in [0.3, 0.4) is 0 Å². The van der Waals surface area contributed by atoms with Crippen molar-refractivity contribution in [3.8, 4) is 0 Å². The van der Waals surface area contributed by atoms with Crippen LogP contribution in [-0.4, -0.2) is 100 Å². The maximum absolute atomic E-state index is 5.99. The van der Waals surface area contributed by atoms with Gasteiger partial charge in [-0.15, -0.1) is 0 Å². The summed E-state index contributed by atoms with van der Waals surface area (Å²) < 4.78 is 17.1. The molecule has 26 heavy (non-hydrogen) atoms. The van der Waals surface area contributed by atoms with Gasteiger partial charge < -0.3 is 24.4 Å². The van der Waals surface area contributed by atoms with Crippen molar-refractivity contribution in [1.29, 1.82) is 0 Å². The average molecular weight is 369 g/mol. The van der Waals surface area contributed by atoms with E-state index in [1.165, 1.54) is 19.4 Å². The molecule has 3 aliphatic rings. The third-order valence-corrected chi connectivity index (χ3v) is 5.64. The smallest absolute Gasteiger partial charge is 0.194 e. The van der Waals surface area contributed by atoms with E-state index in [2.05, 4.69) is 22.0 Å². The molecule has 3 rings (SSSR count). The van der Waals surface area contributed by atoms with Crippen LogP contribution in [0.5, 0.6) is 0 Å². The molecule has 3 unspecified atom stereocenters. The molecule has 3 aliphatic heterocycles. The van der Waals surface area contributed by atoms with Gasteiger partial charge in [0.15, 0.2) is 5.96 Å². The van der Waals surface area contributed by atoms with Crippen molar-refractivity contribution in [2.45, 2.75) is 50.9 Å². The summed E-state index contributed by atoms with van der Waals surface area (Å²) in [7, 11) is 1.77. The molecule has 0 aromatic heterocycles. The topological polar surface area (TPSA) is 58.6 Å². The summed E-state index contributed by atoms with van der Waals surface area (Å²) in [5.74, 6) is 1.03. The molecule has 0 spiro atoms. The Morgan fingerprint density at radius 2 is 2.04 bits per heavy atom. The maximum Gasteiger partial charge on any atom is 0.194 e. The molecule has 3 atom stereocenters. The Hall–Kier alpha value is -0.890. The number of ether oxygens (including phenoxy) is 3. The molecule has 0 amide bonds. The van der Waals surface area contributed by atoms with Crippen molar-refractivity contribution in [3.05, 3.63) is 0 Å². The lowest BCUT2D eigenvalue weighted by Gasteiger charge is -2.37. The third-order valence-electron chi connectivity index (χ3n) is 5.64. The maximum atomic E-state index is 5.99. The lowest BCUT2D eigenvalue weighted by molar-refractivity contribution is -0.0817. The first-order valence-electron chi connectivity index (χ1n) is 10.3. The quantitative estimate of drug-likeness (QED) is 0.533. The highest BCUT2D eigenvalue weighted by atomic mass is 16.5. The Morgan fingerprint density at radius 3 is 2.81 bits per heavy atom. The van der Waals surface area contributed by atoms with Gasteiger partial charge >= 0.3 is 0 Å². The van der Waals surface area contributed by atoms with Gasteiger partial charge in [-0.1, -0.05) is 0 Å². The molecule has 0 saturated carbocycles. The fourth-order valence-electron chi connectivity index (χ4n) is 4.21. The van der Waals surface area contributed by atoms with E-state index < -0.39 is 0 Å². The number of methoxy groups -OCH3 is 1. The van der Waals surface area contributed by atoms with Gasteiger partial charge in [0, 0.05) is 45.9 Å². The number of rotatable bonds is 7. The van der Waals surface area contributed by atoms with E-state index in [9.17, 15) is 0 Å². The fraction of sp³-hybridized carbons (Fsp3) is 0.947. The van der Waals surface area contributed by atoms with Crippen molar-refractivity contribution in [3.63, 3.8) is 0 Å². The molecule has 3 heterocycles. The predicted octanol–water partition coefficient (Wildman–Crippen LogP) is 0.943. The first kappa shape index (κ1) is 19.9. The van der Waals surface area contributed by atoms with Crippen LogP contribution in [0, 0.1) is 0 Å². The van der Waals surface area contributed by atoms with Crippen LogP contribution in [0.4, 0.5) is 0 Å². The van der Waals surface area contributed by atoms with Crippen LogP contribution in [-0.2, 0) is 14.2 Å². The molecule has 0 aliphatic carbocycles. The van der Waals surface area contributed by atoms with E-state index in [4.69, 9.17) is 19.2 Å². The van der Waals surface area contributed by atoms with E-state index >= 15 is 0 Å². The summed E-state index contributed by atoms with van der Waals surface area (Å²) in [6, 6.07) is 0.536. The molecule has 1 N–H and O–H groups in total. The Bertz CT molecular complexity index is 443. The number of likely N-dealkylation sites (tertiary alicyclic amines) is 1. The summed E-state index contributed by atoms with van der Waals surface area (Å²) in [5, 5.41) is 3.48. The van der Waals surface area contributed by atoms with Gasteiger partial charge in [-0.05, 0) is 39.2 Å². The number of nitrogens with zero attached hydrogens (tertiary/aromatic N) is 3. The zero-order valence-corrected chi connectivity index (χ0v) is 16.5. The van der Waals surface area contributed by atoms with Gasteiger partial charge in [-0.2, -0.15) is 0 Å². The van der Waals surface area contributed by atoms with E-state index in [-0.39, 0.29) is 12.2 Å². The molecule has 150 valence electrons. The Morgan fingerprint density at radius 1 is 1.15 bits per heavy atom. The SMILES string of the molecule is CCNC(=NCC1CCCN1CCOC)N1CCOC(C2CCCO2)C1. The largest absolute Gasteiger partial charge is 0.383 e. The van der Waals surface area contributed by atoms with Crippen LogP contribution in [0.25, 0.3) is 0 Å². The van der Waals surface area contributed by atoms with Crippen LogP contribution < -0.4 is 5.32 Å². The van der Waals surface area contributed by atoms with Gasteiger partial charge in [0.25, 0.3) is 0 Å². The summed E-state index contributed by atoms with van der Waals surface area (Å²) in [5.41, 5.74) is 0.